The van der Waals surface area contributed by atoms with Crippen molar-refractivity contribution in [2.75, 3.05) is 18.4 Å². The average molecular weight is 316 g/mol. The fourth-order valence-electron chi connectivity index (χ4n) is 3.81. The third-order valence-electron chi connectivity index (χ3n) is 5.18. The molecule has 0 radical (unpaired) electrons. The van der Waals surface area contributed by atoms with E-state index in [-0.39, 0.29) is 0 Å². The maximum atomic E-state index is 3.84. The molecule has 0 bridgehead atoms. The molecule has 1 aliphatic heterocycles. The first-order chi connectivity index (χ1) is 8.76. The number of hydrogen-bond donors (Lipinski definition) is 0. The second-order valence-electron chi connectivity index (χ2n) is 6.72. The molecule has 1 atom stereocenters. The molecule has 0 spiro atoms. The van der Waals surface area contributed by atoms with E-state index < -0.39 is 0 Å². The van der Waals surface area contributed by atoms with Gasteiger partial charge in [-0.2, -0.15) is 0 Å². The Kier molecular flexibility index (Phi) is 6.00. The van der Waals surface area contributed by atoms with E-state index in [0.29, 0.717) is 5.41 Å². The molecule has 18 heavy (non-hydrogen) atoms. The minimum Gasteiger partial charge on any atom is -0.300 e. The second kappa shape index (κ2) is 7.28. The van der Waals surface area contributed by atoms with Crippen molar-refractivity contribution in [3.63, 3.8) is 0 Å². The predicted molar refractivity (Wildman–Crippen MR) is 83.4 cm³/mol. The standard InChI is InChI=1S/C16H30BrN/c1-15-9-5-4-8-12-18(15)14-16(13-17)10-6-2-3-7-11-16/h15H,2-14H2,1H3. The zero-order chi connectivity index (χ0) is 12.8. The Morgan fingerprint density at radius 2 is 1.67 bits per heavy atom. The predicted octanol–water partition coefficient (Wildman–Crippen LogP) is 4.99. The SMILES string of the molecule is CC1CCCCCN1CC1(CBr)CCCCCC1. The van der Waals surface area contributed by atoms with Crippen LogP contribution in [0.15, 0.2) is 0 Å². The molecule has 106 valence electrons. The number of alkyl halides is 1. The summed E-state index contributed by atoms with van der Waals surface area (Å²) in [4.78, 5) is 2.81. The van der Waals surface area contributed by atoms with Crippen LogP contribution in [0.1, 0.15) is 71.1 Å². The first-order valence-electron chi connectivity index (χ1n) is 8.06. The molecule has 1 aliphatic carbocycles. The Labute approximate surface area is 122 Å². The summed E-state index contributed by atoms with van der Waals surface area (Å²) in [6.07, 6.45) is 14.4. The van der Waals surface area contributed by atoms with Gasteiger partial charge in [0.15, 0.2) is 0 Å². The van der Waals surface area contributed by atoms with Crippen LogP contribution in [0.2, 0.25) is 0 Å². The van der Waals surface area contributed by atoms with Gasteiger partial charge in [-0.3, -0.25) is 0 Å². The van der Waals surface area contributed by atoms with Crippen LogP contribution >= 0.6 is 15.9 Å². The van der Waals surface area contributed by atoms with Gasteiger partial charge in [-0.25, -0.2) is 0 Å². The van der Waals surface area contributed by atoms with Gasteiger partial charge in [-0.05, 0) is 44.6 Å². The molecule has 1 nitrogen and oxygen atoms in total. The van der Waals surface area contributed by atoms with Crippen LogP contribution in [0.5, 0.6) is 0 Å². The van der Waals surface area contributed by atoms with E-state index >= 15 is 0 Å². The highest BCUT2D eigenvalue weighted by atomic mass is 79.9. The van der Waals surface area contributed by atoms with Crippen LogP contribution in [0.25, 0.3) is 0 Å². The van der Waals surface area contributed by atoms with Crippen LogP contribution in [0.3, 0.4) is 0 Å². The Morgan fingerprint density at radius 3 is 2.33 bits per heavy atom. The Balaban J connectivity index is 1.98. The molecule has 0 aromatic rings. The molecule has 0 N–H and O–H groups in total. The van der Waals surface area contributed by atoms with E-state index in [0.717, 1.165) is 6.04 Å². The number of nitrogens with zero attached hydrogens (tertiary/aromatic N) is 1. The summed E-state index contributed by atoms with van der Waals surface area (Å²) in [5.74, 6) is 0. The summed E-state index contributed by atoms with van der Waals surface area (Å²) < 4.78 is 0. The molecule has 2 rings (SSSR count). The van der Waals surface area contributed by atoms with Crippen molar-refractivity contribution in [3.8, 4) is 0 Å². The van der Waals surface area contributed by atoms with Gasteiger partial charge < -0.3 is 4.90 Å². The molecule has 1 heterocycles. The summed E-state index contributed by atoms with van der Waals surface area (Å²) in [5, 5.41) is 1.21. The van der Waals surface area contributed by atoms with Crippen LogP contribution < -0.4 is 0 Å². The molecule has 1 unspecified atom stereocenters. The molecule has 1 saturated heterocycles. The summed E-state index contributed by atoms with van der Waals surface area (Å²) in [6.45, 7) is 5.14. The third kappa shape index (κ3) is 3.96. The van der Waals surface area contributed by atoms with Gasteiger partial charge in [-0.15, -0.1) is 0 Å². The van der Waals surface area contributed by atoms with Gasteiger partial charge in [0.25, 0.3) is 0 Å². The van der Waals surface area contributed by atoms with Crippen molar-refractivity contribution in [1.82, 2.24) is 4.90 Å². The molecule has 0 amide bonds. The van der Waals surface area contributed by atoms with E-state index in [4.69, 9.17) is 0 Å². The lowest BCUT2D eigenvalue weighted by Crippen LogP contribution is -2.43. The topological polar surface area (TPSA) is 3.24 Å². The summed E-state index contributed by atoms with van der Waals surface area (Å²) >= 11 is 3.84. The molecule has 0 aromatic heterocycles. The summed E-state index contributed by atoms with van der Waals surface area (Å²) in [7, 11) is 0. The minimum atomic E-state index is 0.578. The Morgan fingerprint density at radius 1 is 1.00 bits per heavy atom. The highest BCUT2D eigenvalue weighted by Gasteiger charge is 2.33. The lowest BCUT2D eigenvalue weighted by Gasteiger charge is -2.39. The highest BCUT2D eigenvalue weighted by Crippen LogP contribution is 2.38. The zero-order valence-corrected chi connectivity index (χ0v) is 13.7. The van der Waals surface area contributed by atoms with Crippen molar-refractivity contribution in [1.29, 1.82) is 0 Å². The third-order valence-corrected chi connectivity index (χ3v) is 6.37. The molecule has 2 fully saturated rings. The number of rotatable bonds is 3. The van der Waals surface area contributed by atoms with Crippen molar-refractivity contribution < 1.29 is 0 Å². The van der Waals surface area contributed by atoms with Gasteiger partial charge in [0.2, 0.25) is 0 Å². The largest absolute Gasteiger partial charge is 0.300 e. The van der Waals surface area contributed by atoms with E-state index in [1.807, 2.05) is 0 Å². The fourth-order valence-corrected chi connectivity index (χ4v) is 4.55. The first-order valence-corrected chi connectivity index (χ1v) is 9.18. The van der Waals surface area contributed by atoms with Crippen LogP contribution in [0.4, 0.5) is 0 Å². The van der Waals surface area contributed by atoms with Gasteiger partial charge in [-0.1, -0.05) is 54.5 Å². The molecule has 0 aromatic carbocycles. The van der Waals surface area contributed by atoms with Crippen molar-refractivity contribution >= 4 is 15.9 Å². The zero-order valence-electron chi connectivity index (χ0n) is 12.1. The van der Waals surface area contributed by atoms with Gasteiger partial charge >= 0.3 is 0 Å². The van der Waals surface area contributed by atoms with E-state index in [2.05, 4.69) is 27.8 Å². The van der Waals surface area contributed by atoms with Crippen molar-refractivity contribution in [2.24, 2.45) is 5.41 Å². The first kappa shape index (κ1) is 14.8. The van der Waals surface area contributed by atoms with Crippen molar-refractivity contribution in [2.45, 2.75) is 77.2 Å². The van der Waals surface area contributed by atoms with Gasteiger partial charge in [0.05, 0.1) is 0 Å². The normalized spacial score (nSPS) is 30.7. The number of halogens is 1. The number of hydrogen-bond acceptors (Lipinski definition) is 1. The quantitative estimate of drug-likeness (QED) is 0.524. The van der Waals surface area contributed by atoms with Crippen LogP contribution in [-0.4, -0.2) is 29.4 Å². The monoisotopic (exact) mass is 315 g/mol. The van der Waals surface area contributed by atoms with Crippen LogP contribution in [0, 0.1) is 5.41 Å². The second-order valence-corrected chi connectivity index (χ2v) is 7.28. The van der Waals surface area contributed by atoms with E-state index in [1.165, 1.54) is 82.6 Å². The molecule has 1 saturated carbocycles. The molecule has 2 heteroatoms. The molecule has 2 aliphatic rings. The summed E-state index contributed by atoms with van der Waals surface area (Å²) in [5.41, 5.74) is 0.578. The van der Waals surface area contributed by atoms with Gasteiger partial charge in [0.1, 0.15) is 0 Å². The molecular formula is C16H30BrN. The van der Waals surface area contributed by atoms with Crippen LogP contribution in [-0.2, 0) is 0 Å². The molecular weight excluding hydrogens is 286 g/mol. The lowest BCUT2D eigenvalue weighted by atomic mass is 9.81. The smallest absolute Gasteiger partial charge is 0.0100 e. The Bertz CT molecular complexity index is 233. The lowest BCUT2D eigenvalue weighted by molar-refractivity contribution is 0.119. The minimum absolute atomic E-state index is 0.578. The van der Waals surface area contributed by atoms with E-state index in [9.17, 15) is 0 Å². The summed E-state index contributed by atoms with van der Waals surface area (Å²) in [6, 6.07) is 0.812. The highest BCUT2D eigenvalue weighted by molar-refractivity contribution is 9.09. The van der Waals surface area contributed by atoms with Crippen molar-refractivity contribution in [3.05, 3.63) is 0 Å². The van der Waals surface area contributed by atoms with Gasteiger partial charge in [0, 0.05) is 17.9 Å². The van der Waals surface area contributed by atoms with E-state index in [1.54, 1.807) is 0 Å². The maximum absolute atomic E-state index is 3.84. The Hall–Kier alpha value is 0.440. The fraction of sp³-hybridized carbons (Fsp3) is 1.00. The average Bonchev–Trinajstić information content (AvgIpc) is 2.73. The maximum Gasteiger partial charge on any atom is 0.0100 e. The number of likely N-dealkylation sites (tertiary alicyclic amines) is 1.